The van der Waals surface area contributed by atoms with Gasteiger partial charge in [0.2, 0.25) is 0 Å². The van der Waals surface area contributed by atoms with E-state index in [0.717, 1.165) is 11.4 Å². The van der Waals surface area contributed by atoms with Gasteiger partial charge in [0.05, 0.1) is 18.2 Å². The Morgan fingerprint density at radius 3 is 2.68 bits per heavy atom. The maximum absolute atomic E-state index is 6.10. The number of rotatable bonds is 7. The summed E-state index contributed by atoms with van der Waals surface area (Å²) in [6, 6.07) is 13.0. The standard InChI is InChI=1S/C17H19Cl2NO2/c1-3-21-15-6-4-5-14(10-15)20-11-12(2)22-17-8-7-13(18)9-16(17)19/h4-10,12,20H,3,11H2,1-2H3. The normalized spacial score (nSPS) is 11.8. The van der Waals surface area contributed by atoms with Crippen molar-refractivity contribution in [2.75, 3.05) is 18.5 Å². The van der Waals surface area contributed by atoms with Crippen molar-refractivity contribution in [2.45, 2.75) is 20.0 Å². The Kier molecular flexibility index (Phi) is 6.22. The number of benzene rings is 2. The lowest BCUT2D eigenvalue weighted by molar-refractivity contribution is 0.235. The number of ether oxygens (including phenoxy) is 2. The molecule has 0 saturated heterocycles. The molecule has 118 valence electrons. The van der Waals surface area contributed by atoms with Crippen LogP contribution in [0.15, 0.2) is 42.5 Å². The summed E-state index contributed by atoms with van der Waals surface area (Å²) in [7, 11) is 0. The number of hydrogen-bond donors (Lipinski definition) is 1. The highest BCUT2D eigenvalue weighted by atomic mass is 35.5. The van der Waals surface area contributed by atoms with Gasteiger partial charge in [0.25, 0.3) is 0 Å². The minimum absolute atomic E-state index is 0.0468. The predicted molar refractivity (Wildman–Crippen MR) is 92.7 cm³/mol. The first kappa shape index (κ1) is 16.8. The Morgan fingerprint density at radius 2 is 1.95 bits per heavy atom. The monoisotopic (exact) mass is 339 g/mol. The maximum atomic E-state index is 6.10. The largest absolute Gasteiger partial charge is 0.494 e. The van der Waals surface area contributed by atoms with Gasteiger partial charge in [0, 0.05) is 16.8 Å². The Labute approximate surface area is 141 Å². The highest BCUT2D eigenvalue weighted by Crippen LogP contribution is 2.28. The lowest BCUT2D eigenvalue weighted by atomic mass is 10.3. The van der Waals surface area contributed by atoms with Crippen LogP contribution >= 0.6 is 23.2 Å². The van der Waals surface area contributed by atoms with E-state index in [-0.39, 0.29) is 6.10 Å². The second-order valence-corrected chi connectivity index (χ2v) is 5.69. The second-order valence-electron chi connectivity index (χ2n) is 4.84. The Bertz CT molecular complexity index is 619. The fourth-order valence-corrected chi connectivity index (χ4v) is 2.41. The first-order chi connectivity index (χ1) is 10.6. The summed E-state index contributed by atoms with van der Waals surface area (Å²) in [5, 5.41) is 4.43. The van der Waals surface area contributed by atoms with Crippen molar-refractivity contribution in [3.8, 4) is 11.5 Å². The zero-order valence-corrected chi connectivity index (χ0v) is 14.1. The van der Waals surface area contributed by atoms with Crippen molar-refractivity contribution < 1.29 is 9.47 Å². The van der Waals surface area contributed by atoms with Crippen LogP contribution in [0, 0.1) is 0 Å². The van der Waals surface area contributed by atoms with Crippen molar-refractivity contribution in [2.24, 2.45) is 0 Å². The summed E-state index contributed by atoms with van der Waals surface area (Å²) in [5.74, 6) is 1.48. The van der Waals surface area contributed by atoms with Crippen LogP contribution in [0.2, 0.25) is 10.0 Å². The molecule has 0 saturated carbocycles. The third-order valence-electron chi connectivity index (χ3n) is 2.96. The van der Waals surface area contributed by atoms with Gasteiger partial charge in [-0.1, -0.05) is 29.3 Å². The number of halogens is 2. The molecule has 0 aromatic heterocycles. The molecule has 0 radical (unpaired) electrons. The molecular formula is C17H19Cl2NO2. The summed E-state index contributed by atoms with van der Waals surface area (Å²) in [6.07, 6.45) is -0.0468. The predicted octanol–water partition coefficient (Wildman–Crippen LogP) is 5.27. The van der Waals surface area contributed by atoms with E-state index < -0.39 is 0 Å². The molecule has 0 bridgehead atoms. The molecule has 5 heteroatoms. The molecule has 0 heterocycles. The van der Waals surface area contributed by atoms with Gasteiger partial charge >= 0.3 is 0 Å². The van der Waals surface area contributed by atoms with Crippen LogP contribution in [0.5, 0.6) is 11.5 Å². The smallest absolute Gasteiger partial charge is 0.138 e. The fourth-order valence-electron chi connectivity index (χ4n) is 1.95. The van der Waals surface area contributed by atoms with E-state index in [0.29, 0.717) is 28.9 Å². The van der Waals surface area contributed by atoms with E-state index in [1.54, 1.807) is 18.2 Å². The molecule has 2 rings (SSSR count). The highest BCUT2D eigenvalue weighted by molar-refractivity contribution is 6.35. The molecule has 1 atom stereocenters. The Hall–Kier alpha value is -1.58. The van der Waals surface area contributed by atoms with Crippen LogP contribution in [-0.4, -0.2) is 19.3 Å². The second kappa shape index (κ2) is 8.16. The van der Waals surface area contributed by atoms with Crippen molar-refractivity contribution in [1.82, 2.24) is 0 Å². The van der Waals surface area contributed by atoms with E-state index in [4.69, 9.17) is 32.7 Å². The van der Waals surface area contributed by atoms with E-state index in [9.17, 15) is 0 Å². The van der Waals surface area contributed by atoms with Crippen LogP contribution in [0.25, 0.3) is 0 Å². The van der Waals surface area contributed by atoms with Gasteiger partial charge in [-0.3, -0.25) is 0 Å². The molecule has 0 amide bonds. The molecular weight excluding hydrogens is 321 g/mol. The average molecular weight is 340 g/mol. The molecule has 2 aromatic carbocycles. The molecule has 22 heavy (non-hydrogen) atoms. The van der Waals surface area contributed by atoms with Crippen LogP contribution in [-0.2, 0) is 0 Å². The highest BCUT2D eigenvalue weighted by Gasteiger charge is 2.08. The zero-order chi connectivity index (χ0) is 15.9. The molecule has 2 aromatic rings. The summed E-state index contributed by atoms with van der Waals surface area (Å²) in [4.78, 5) is 0. The minimum Gasteiger partial charge on any atom is -0.494 e. The molecule has 0 aliphatic carbocycles. The molecule has 0 aliphatic heterocycles. The van der Waals surface area contributed by atoms with Crippen LogP contribution in [0.1, 0.15) is 13.8 Å². The van der Waals surface area contributed by atoms with Crippen LogP contribution in [0.4, 0.5) is 5.69 Å². The molecule has 1 N–H and O–H groups in total. The molecule has 1 unspecified atom stereocenters. The van der Waals surface area contributed by atoms with Gasteiger partial charge in [-0.25, -0.2) is 0 Å². The van der Waals surface area contributed by atoms with E-state index in [2.05, 4.69) is 5.32 Å². The third kappa shape index (κ3) is 5.00. The van der Waals surface area contributed by atoms with Gasteiger partial charge in [-0.15, -0.1) is 0 Å². The Balaban J connectivity index is 1.89. The lowest BCUT2D eigenvalue weighted by Gasteiger charge is -2.17. The van der Waals surface area contributed by atoms with Crippen LogP contribution in [0.3, 0.4) is 0 Å². The van der Waals surface area contributed by atoms with Crippen molar-refractivity contribution in [3.05, 3.63) is 52.5 Å². The van der Waals surface area contributed by atoms with Gasteiger partial charge in [0.15, 0.2) is 0 Å². The Morgan fingerprint density at radius 1 is 1.14 bits per heavy atom. The van der Waals surface area contributed by atoms with Gasteiger partial charge in [0.1, 0.15) is 17.6 Å². The summed E-state index contributed by atoms with van der Waals surface area (Å²) in [6.45, 7) is 5.24. The fraction of sp³-hybridized carbons (Fsp3) is 0.294. The van der Waals surface area contributed by atoms with E-state index in [1.807, 2.05) is 38.1 Å². The van der Waals surface area contributed by atoms with Gasteiger partial charge in [-0.2, -0.15) is 0 Å². The number of anilines is 1. The summed E-state index contributed by atoms with van der Waals surface area (Å²) >= 11 is 12.0. The summed E-state index contributed by atoms with van der Waals surface area (Å²) in [5.41, 5.74) is 0.989. The zero-order valence-electron chi connectivity index (χ0n) is 12.6. The van der Waals surface area contributed by atoms with Crippen molar-refractivity contribution >= 4 is 28.9 Å². The topological polar surface area (TPSA) is 30.5 Å². The SMILES string of the molecule is CCOc1cccc(NCC(C)Oc2ccc(Cl)cc2Cl)c1. The quantitative estimate of drug-likeness (QED) is 0.745. The summed E-state index contributed by atoms with van der Waals surface area (Å²) < 4.78 is 11.3. The molecule has 3 nitrogen and oxygen atoms in total. The first-order valence-corrected chi connectivity index (χ1v) is 7.92. The van der Waals surface area contributed by atoms with Gasteiger partial charge in [-0.05, 0) is 44.2 Å². The first-order valence-electron chi connectivity index (χ1n) is 7.17. The maximum Gasteiger partial charge on any atom is 0.138 e. The molecule has 0 fully saturated rings. The van der Waals surface area contributed by atoms with Crippen molar-refractivity contribution in [1.29, 1.82) is 0 Å². The average Bonchev–Trinajstić information content (AvgIpc) is 2.49. The van der Waals surface area contributed by atoms with Crippen molar-refractivity contribution in [3.63, 3.8) is 0 Å². The number of hydrogen-bond acceptors (Lipinski definition) is 3. The van der Waals surface area contributed by atoms with E-state index in [1.165, 1.54) is 0 Å². The molecule has 0 aliphatic rings. The van der Waals surface area contributed by atoms with Crippen LogP contribution < -0.4 is 14.8 Å². The third-order valence-corrected chi connectivity index (χ3v) is 3.49. The number of nitrogens with one attached hydrogen (secondary N) is 1. The lowest BCUT2D eigenvalue weighted by Crippen LogP contribution is -2.22. The van der Waals surface area contributed by atoms with E-state index >= 15 is 0 Å². The van der Waals surface area contributed by atoms with Gasteiger partial charge < -0.3 is 14.8 Å². The minimum atomic E-state index is -0.0468. The molecule has 0 spiro atoms.